The van der Waals surface area contributed by atoms with E-state index in [-0.39, 0.29) is 5.39 Å². The smallest absolute Gasteiger partial charge is 0.418 e. The van der Waals surface area contributed by atoms with Crippen LogP contribution in [0.15, 0.2) is 29.1 Å². The van der Waals surface area contributed by atoms with Crippen LogP contribution in [0.25, 0.3) is 10.9 Å². The second kappa shape index (κ2) is 3.86. The maximum absolute atomic E-state index is 12.7. The molecule has 0 atom stereocenters. The fourth-order valence-corrected chi connectivity index (χ4v) is 1.69. The number of carboxylic acids is 1. The number of rotatable bonds is 1. The van der Waals surface area contributed by atoms with Crippen LogP contribution >= 0.6 is 0 Å². The number of aromatic amines is 1. The number of H-pyrrole nitrogens is 1. The summed E-state index contributed by atoms with van der Waals surface area (Å²) >= 11 is 0. The molecule has 0 saturated heterocycles. The normalized spacial score (nSPS) is 11.7. The highest BCUT2D eigenvalue weighted by molar-refractivity contribution is 6.03. The van der Waals surface area contributed by atoms with Gasteiger partial charge in [0.2, 0.25) is 5.56 Å². The highest BCUT2D eigenvalue weighted by Gasteiger charge is 2.33. The number of hydrogen-bond acceptors (Lipinski definition) is 2. The van der Waals surface area contributed by atoms with Gasteiger partial charge in [0.25, 0.3) is 0 Å². The van der Waals surface area contributed by atoms with Gasteiger partial charge in [-0.1, -0.05) is 12.1 Å². The first-order valence-corrected chi connectivity index (χ1v) is 4.77. The van der Waals surface area contributed by atoms with Crippen molar-refractivity contribution in [3.63, 3.8) is 0 Å². The number of para-hydroxylation sites is 1. The molecule has 0 unspecified atom stereocenters. The number of pyridine rings is 1. The van der Waals surface area contributed by atoms with E-state index in [2.05, 4.69) is 0 Å². The van der Waals surface area contributed by atoms with Crippen molar-refractivity contribution in [3.05, 3.63) is 45.7 Å². The van der Waals surface area contributed by atoms with Gasteiger partial charge in [0, 0.05) is 11.5 Å². The van der Waals surface area contributed by atoms with Crippen LogP contribution in [0, 0.1) is 0 Å². The summed E-state index contributed by atoms with van der Waals surface area (Å²) in [5.41, 5.74) is -2.94. The van der Waals surface area contributed by atoms with Crippen molar-refractivity contribution >= 4 is 16.9 Å². The fraction of sp³-hybridized carbons (Fsp3) is 0.0909. The standard InChI is InChI=1S/C11H6F3NO3/c12-11(13,14)7-3-1-2-5-6(10(17)18)4-8(16)15-9(5)7/h1-4H,(H,15,16)(H,17,18). The zero-order valence-corrected chi connectivity index (χ0v) is 8.71. The Morgan fingerprint density at radius 2 is 1.94 bits per heavy atom. The second-order valence-corrected chi connectivity index (χ2v) is 3.58. The van der Waals surface area contributed by atoms with Crippen molar-refractivity contribution in [1.29, 1.82) is 0 Å². The lowest BCUT2D eigenvalue weighted by molar-refractivity contribution is -0.136. The average Bonchev–Trinajstić information content (AvgIpc) is 2.25. The number of aromatic nitrogens is 1. The van der Waals surface area contributed by atoms with Crippen molar-refractivity contribution in [2.24, 2.45) is 0 Å². The number of benzene rings is 1. The minimum absolute atomic E-state index is 0.156. The van der Waals surface area contributed by atoms with Crippen LogP contribution in [0.1, 0.15) is 15.9 Å². The van der Waals surface area contributed by atoms with E-state index in [4.69, 9.17) is 5.11 Å². The number of alkyl halides is 3. The number of carbonyl (C=O) groups is 1. The molecule has 2 rings (SSSR count). The maximum Gasteiger partial charge on any atom is 0.418 e. The molecule has 0 spiro atoms. The van der Waals surface area contributed by atoms with Crippen LogP contribution in [0.4, 0.5) is 13.2 Å². The molecule has 1 aromatic heterocycles. The van der Waals surface area contributed by atoms with E-state index in [1.54, 1.807) is 0 Å². The molecule has 7 heteroatoms. The Bertz CT molecular complexity index is 688. The van der Waals surface area contributed by atoms with Crippen molar-refractivity contribution in [2.75, 3.05) is 0 Å². The molecule has 0 aliphatic rings. The van der Waals surface area contributed by atoms with Gasteiger partial charge in [-0.25, -0.2) is 4.79 Å². The lowest BCUT2D eigenvalue weighted by Gasteiger charge is -2.10. The molecule has 0 saturated carbocycles. The number of carboxylic acid groups (broad SMARTS) is 1. The van der Waals surface area contributed by atoms with Crippen LogP contribution in [0.3, 0.4) is 0 Å². The molecule has 0 amide bonds. The highest BCUT2D eigenvalue weighted by Crippen LogP contribution is 2.34. The van der Waals surface area contributed by atoms with Gasteiger partial charge in [-0.05, 0) is 6.07 Å². The zero-order chi connectivity index (χ0) is 13.5. The van der Waals surface area contributed by atoms with E-state index in [0.717, 1.165) is 18.2 Å². The molecule has 94 valence electrons. The summed E-state index contributed by atoms with van der Waals surface area (Å²) in [6, 6.07) is 3.84. The molecule has 0 bridgehead atoms. The predicted molar refractivity (Wildman–Crippen MR) is 56.5 cm³/mol. The van der Waals surface area contributed by atoms with Crippen molar-refractivity contribution < 1.29 is 23.1 Å². The quantitative estimate of drug-likeness (QED) is 0.823. The average molecular weight is 257 g/mol. The summed E-state index contributed by atoms with van der Waals surface area (Å²) in [5.74, 6) is -1.45. The Labute approximate surface area is 97.7 Å². The number of fused-ring (bicyclic) bond motifs is 1. The van der Waals surface area contributed by atoms with Crippen molar-refractivity contribution in [1.82, 2.24) is 4.98 Å². The second-order valence-electron chi connectivity index (χ2n) is 3.58. The first kappa shape index (κ1) is 12.2. The van der Waals surface area contributed by atoms with Crippen LogP contribution < -0.4 is 5.56 Å². The van der Waals surface area contributed by atoms with Gasteiger partial charge in [-0.3, -0.25) is 4.79 Å². The first-order chi connectivity index (χ1) is 8.30. The topological polar surface area (TPSA) is 70.2 Å². The molecule has 4 nitrogen and oxygen atoms in total. The Balaban J connectivity index is 2.95. The third kappa shape index (κ3) is 1.94. The summed E-state index contributed by atoms with van der Waals surface area (Å²) in [7, 11) is 0. The van der Waals surface area contributed by atoms with Gasteiger partial charge in [0.05, 0.1) is 16.6 Å². The Hall–Kier alpha value is -2.31. The van der Waals surface area contributed by atoms with E-state index in [9.17, 15) is 22.8 Å². The Morgan fingerprint density at radius 1 is 1.28 bits per heavy atom. The summed E-state index contributed by atoms with van der Waals surface area (Å²) in [4.78, 5) is 24.1. The van der Waals surface area contributed by atoms with E-state index in [0.29, 0.717) is 0 Å². The fourth-order valence-electron chi connectivity index (χ4n) is 1.69. The molecule has 2 N–H and O–H groups in total. The van der Waals surface area contributed by atoms with Crippen LogP contribution in [0.2, 0.25) is 0 Å². The number of hydrogen-bond donors (Lipinski definition) is 2. The van der Waals surface area contributed by atoms with Gasteiger partial charge < -0.3 is 10.1 Å². The molecule has 1 heterocycles. The van der Waals surface area contributed by atoms with Gasteiger partial charge in [-0.15, -0.1) is 0 Å². The third-order valence-corrected chi connectivity index (χ3v) is 2.41. The SMILES string of the molecule is O=C(O)c1cc(=O)[nH]c2c(C(F)(F)F)cccc12. The summed E-state index contributed by atoms with van der Waals surface area (Å²) in [5, 5.41) is 8.71. The molecule has 1 aromatic carbocycles. The van der Waals surface area contributed by atoms with E-state index in [1.807, 2.05) is 4.98 Å². The molecule has 0 aliphatic carbocycles. The Kier molecular flexibility index (Phi) is 2.61. The highest BCUT2D eigenvalue weighted by atomic mass is 19.4. The van der Waals surface area contributed by atoms with Crippen molar-refractivity contribution in [3.8, 4) is 0 Å². The zero-order valence-electron chi connectivity index (χ0n) is 8.71. The molecular weight excluding hydrogens is 251 g/mol. The van der Waals surface area contributed by atoms with Crippen LogP contribution in [0.5, 0.6) is 0 Å². The number of nitrogens with one attached hydrogen (secondary N) is 1. The summed E-state index contributed by atoms with van der Waals surface area (Å²) in [6.07, 6.45) is -4.67. The molecule has 0 radical (unpaired) electrons. The minimum Gasteiger partial charge on any atom is -0.478 e. The lowest BCUT2D eigenvalue weighted by atomic mass is 10.0. The monoisotopic (exact) mass is 257 g/mol. The third-order valence-electron chi connectivity index (χ3n) is 2.41. The minimum atomic E-state index is -4.67. The molecular formula is C11H6F3NO3. The number of halogens is 3. The van der Waals surface area contributed by atoms with Gasteiger partial charge in [0.15, 0.2) is 0 Å². The Morgan fingerprint density at radius 3 is 2.50 bits per heavy atom. The summed E-state index contributed by atoms with van der Waals surface area (Å²) in [6.45, 7) is 0. The molecule has 0 fully saturated rings. The largest absolute Gasteiger partial charge is 0.478 e. The summed E-state index contributed by atoms with van der Waals surface area (Å²) < 4.78 is 38.1. The lowest BCUT2D eigenvalue weighted by Crippen LogP contribution is -2.14. The van der Waals surface area contributed by atoms with Gasteiger partial charge in [-0.2, -0.15) is 13.2 Å². The molecule has 2 aromatic rings. The van der Waals surface area contributed by atoms with Crippen LogP contribution in [-0.4, -0.2) is 16.1 Å². The molecule has 0 aliphatic heterocycles. The first-order valence-electron chi connectivity index (χ1n) is 4.77. The molecule has 18 heavy (non-hydrogen) atoms. The maximum atomic E-state index is 12.7. The van der Waals surface area contributed by atoms with Gasteiger partial charge in [0.1, 0.15) is 0 Å². The predicted octanol–water partition coefficient (Wildman–Crippen LogP) is 2.25. The van der Waals surface area contributed by atoms with Gasteiger partial charge >= 0.3 is 12.1 Å². The van der Waals surface area contributed by atoms with Crippen LogP contribution in [-0.2, 0) is 6.18 Å². The van der Waals surface area contributed by atoms with Crippen molar-refractivity contribution in [2.45, 2.75) is 6.18 Å². The number of aromatic carboxylic acids is 1. The van der Waals surface area contributed by atoms with E-state index >= 15 is 0 Å². The van der Waals surface area contributed by atoms with E-state index in [1.165, 1.54) is 6.07 Å². The van der Waals surface area contributed by atoms with E-state index < -0.39 is 34.3 Å².